The molecule has 4 aromatic rings. The van der Waals surface area contributed by atoms with Crippen LogP contribution in [0.3, 0.4) is 0 Å². The van der Waals surface area contributed by atoms with E-state index in [1.807, 2.05) is 60.7 Å². The van der Waals surface area contributed by atoms with Crippen molar-refractivity contribution in [2.75, 3.05) is 7.11 Å². The third kappa shape index (κ3) is 3.33. The lowest BCUT2D eigenvalue weighted by atomic mass is 10.1. The van der Waals surface area contributed by atoms with Crippen molar-refractivity contribution in [3.63, 3.8) is 0 Å². The molecule has 1 aliphatic rings. The normalized spacial score (nSPS) is 13.4. The molecule has 1 fully saturated rings. The van der Waals surface area contributed by atoms with Crippen LogP contribution in [0, 0.1) is 0 Å². The van der Waals surface area contributed by atoms with Crippen LogP contribution >= 0.6 is 0 Å². The number of rotatable bonds is 5. The van der Waals surface area contributed by atoms with Gasteiger partial charge in [0.1, 0.15) is 11.4 Å². The highest BCUT2D eigenvalue weighted by Crippen LogP contribution is 2.31. The van der Waals surface area contributed by atoms with Crippen LogP contribution in [0.4, 0.5) is 0 Å². The lowest BCUT2D eigenvalue weighted by Gasteiger charge is -2.11. The zero-order valence-corrected chi connectivity index (χ0v) is 16.0. The summed E-state index contributed by atoms with van der Waals surface area (Å²) < 4.78 is 7.32. The van der Waals surface area contributed by atoms with Gasteiger partial charge in [-0.1, -0.05) is 42.5 Å². The molecule has 6 nitrogen and oxygen atoms in total. The molecule has 1 amide bonds. The summed E-state index contributed by atoms with van der Waals surface area (Å²) in [5.41, 5.74) is 4.40. The highest BCUT2D eigenvalue weighted by atomic mass is 16.5. The molecule has 0 radical (unpaired) electrons. The van der Waals surface area contributed by atoms with E-state index in [4.69, 9.17) is 9.84 Å². The molecule has 0 aliphatic heterocycles. The van der Waals surface area contributed by atoms with Crippen molar-refractivity contribution < 1.29 is 9.53 Å². The number of benzene rings is 2. The summed E-state index contributed by atoms with van der Waals surface area (Å²) in [5, 5.41) is 7.79. The van der Waals surface area contributed by atoms with Gasteiger partial charge in [-0.25, -0.2) is 9.50 Å². The molecular formula is C23H20N4O2. The maximum atomic E-state index is 12.7. The van der Waals surface area contributed by atoms with Gasteiger partial charge in [0.05, 0.1) is 18.5 Å². The first-order chi connectivity index (χ1) is 14.2. The first-order valence-corrected chi connectivity index (χ1v) is 9.63. The Balaban J connectivity index is 1.71. The number of amides is 1. The fourth-order valence-electron chi connectivity index (χ4n) is 3.38. The average Bonchev–Trinajstić information content (AvgIpc) is 3.47. The topological polar surface area (TPSA) is 68.5 Å². The van der Waals surface area contributed by atoms with Crippen LogP contribution in [0.25, 0.3) is 28.2 Å². The molecule has 0 saturated heterocycles. The van der Waals surface area contributed by atoms with Gasteiger partial charge in [0.2, 0.25) is 0 Å². The molecule has 1 aliphatic carbocycles. The second-order valence-electron chi connectivity index (χ2n) is 7.14. The summed E-state index contributed by atoms with van der Waals surface area (Å²) in [6.45, 7) is 0. The van der Waals surface area contributed by atoms with E-state index in [0.717, 1.165) is 35.4 Å². The molecule has 0 atom stereocenters. The number of methoxy groups -OCH3 is 1. The molecule has 5 rings (SSSR count). The monoisotopic (exact) mass is 384 g/mol. The summed E-state index contributed by atoms with van der Waals surface area (Å²) in [4.78, 5) is 17.3. The zero-order valence-electron chi connectivity index (χ0n) is 16.0. The number of aromatic nitrogens is 3. The van der Waals surface area contributed by atoms with Gasteiger partial charge in [0.15, 0.2) is 5.65 Å². The predicted molar refractivity (Wildman–Crippen MR) is 111 cm³/mol. The molecule has 2 heterocycles. The molecule has 0 spiro atoms. The molecule has 0 bridgehead atoms. The molecule has 2 aromatic carbocycles. The van der Waals surface area contributed by atoms with E-state index in [2.05, 4.69) is 10.3 Å². The van der Waals surface area contributed by atoms with Gasteiger partial charge < -0.3 is 10.1 Å². The van der Waals surface area contributed by atoms with Crippen LogP contribution in [0.1, 0.15) is 23.3 Å². The predicted octanol–water partition coefficient (Wildman–Crippen LogP) is 3.96. The minimum Gasteiger partial charge on any atom is -0.496 e. The minimum absolute atomic E-state index is 0.159. The largest absolute Gasteiger partial charge is 0.496 e. The fourth-order valence-corrected chi connectivity index (χ4v) is 3.38. The molecule has 29 heavy (non-hydrogen) atoms. The summed E-state index contributed by atoms with van der Waals surface area (Å²) in [6, 6.07) is 21.6. The van der Waals surface area contributed by atoms with Crippen molar-refractivity contribution >= 4 is 11.6 Å². The number of carbonyl (C=O) groups is 1. The standard InChI is InChI=1S/C23H20N4O2/c1-29-21-10-6-5-9-17(21)20-13-19(23(28)24-16-11-12-16)25-22-14-18(26-27(20)22)15-7-3-2-4-8-15/h2-10,13-14,16H,11-12H2,1H3,(H,24,28). The van der Waals surface area contributed by atoms with Gasteiger partial charge in [0, 0.05) is 23.2 Å². The SMILES string of the molecule is COc1ccccc1-c1cc(C(=O)NC2CC2)nc2cc(-c3ccccc3)nn12. The number of hydrogen-bond donors (Lipinski definition) is 1. The quantitative estimate of drug-likeness (QED) is 0.565. The van der Waals surface area contributed by atoms with Crippen LogP contribution in [-0.4, -0.2) is 33.7 Å². The van der Waals surface area contributed by atoms with Gasteiger partial charge >= 0.3 is 0 Å². The molecule has 144 valence electrons. The summed E-state index contributed by atoms with van der Waals surface area (Å²) in [5.74, 6) is 0.555. The summed E-state index contributed by atoms with van der Waals surface area (Å²) >= 11 is 0. The Labute approximate surface area is 168 Å². The summed E-state index contributed by atoms with van der Waals surface area (Å²) in [7, 11) is 1.64. The molecule has 0 unspecified atom stereocenters. The van der Waals surface area contributed by atoms with Crippen molar-refractivity contribution in [3.8, 4) is 28.3 Å². The van der Waals surface area contributed by atoms with E-state index in [9.17, 15) is 4.79 Å². The van der Waals surface area contributed by atoms with Crippen LogP contribution in [-0.2, 0) is 0 Å². The molecule has 1 N–H and O–H groups in total. The highest BCUT2D eigenvalue weighted by Gasteiger charge is 2.25. The van der Waals surface area contributed by atoms with Gasteiger partial charge in [-0.2, -0.15) is 5.10 Å². The Morgan fingerprint density at radius 3 is 2.59 bits per heavy atom. The average molecular weight is 384 g/mol. The maximum absolute atomic E-state index is 12.7. The maximum Gasteiger partial charge on any atom is 0.270 e. The number of para-hydroxylation sites is 1. The first kappa shape index (κ1) is 17.4. The van der Waals surface area contributed by atoms with E-state index < -0.39 is 0 Å². The second kappa shape index (κ2) is 7.05. The number of fused-ring (bicyclic) bond motifs is 1. The lowest BCUT2D eigenvalue weighted by molar-refractivity contribution is 0.0946. The van der Waals surface area contributed by atoms with Gasteiger partial charge in [-0.3, -0.25) is 4.79 Å². The van der Waals surface area contributed by atoms with Gasteiger partial charge in [-0.15, -0.1) is 0 Å². The van der Waals surface area contributed by atoms with E-state index in [1.54, 1.807) is 17.7 Å². The third-order valence-corrected chi connectivity index (χ3v) is 5.02. The fraction of sp³-hybridized carbons (Fsp3) is 0.174. The molecular weight excluding hydrogens is 364 g/mol. The van der Waals surface area contributed by atoms with E-state index in [-0.39, 0.29) is 11.9 Å². The van der Waals surface area contributed by atoms with Gasteiger partial charge in [-0.05, 0) is 31.0 Å². The van der Waals surface area contributed by atoms with Gasteiger partial charge in [0.25, 0.3) is 5.91 Å². The number of hydrogen-bond acceptors (Lipinski definition) is 4. The van der Waals surface area contributed by atoms with Crippen molar-refractivity contribution in [2.24, 2.45) is 0 Å². The molecule has 1 saturated carbocycles. The van der Waals surface area contributed by atoms with Crippen LogP contribution in [0.2, 0.25) is 0 Å². The highest BCUT2D eigenvalue weighted by molar-refractivity contribution is 5.94. The van der Waals surface area contributed by atoms with Crippen molar-refractivity contribution in [3.05, 3.63) is 72.4 Å². The van der Waals surface area contributed by atoms with Crippen LogP contribution in [0.15, 0.2) is 66.7 Å². The van der Waals surface area contributed by atoms with Crippen molar-refractivity contribution in [2.45, 2.75) is 18.9 Å². The summed E-state index contributed by atoms with van der Waals surface area (Å²) in [6.07, 6.45) is 2.05. The Morgan fingerprint density at radius 2 is 1.83 bits per heavy atom. The Hall–Kier alpha value is -3.67. The number of nitrogens with one attached hydrogen (secondary N) is 1. The molecule has 6 heteroatoms. The van der Waals surface area contributed by atoms with E-state index in [1.165, 1.54) is 0 Å². The lowest BCUT2D eigenvalue weighted by Crippen LogP contribution is -2.26. The smallest absolute Gasteiger partial charge is 0.270 e. The number of ether oxygens (including phenoxy) is 1. The third-order valence-electron chi connectivity index (χ3n) is 5.02. The Bertz CT molecular complexity index is 1200. The Morgan fingerprint density at radius 1 is 1.07 bits per heavy atom. The number of nitrogens with zero attached hydrogens (tertiary/aromatic N) is 3. The minimum atomic E-state index is -0.159. The van der Waals surface area contributed by atoms with E-state index in [0.29, 0.717) is 17.1 Å². The second-order valence-corrected chi connectivity index (χ2v) is 7.14. The molecule has 2 aromatic heterocycles. The Kier molecular flexibility index (Phi) is 4.24. The number of carbonyl (C=O) groups excluding carboxylic acids is 1. The van der Waals surface area contributed by atoms with Crippen LogP contribution < -0.4 is 10.1 Å². The first-order valence-electron chi connectivity index (χ1n) is 9.63. The van der Waals surface area contributed by atoms with E-state index >= 15 is 0 Å². The van der Waals surface area contributed by atoms with Crippen molar-refractivity contribution in [1.29, 1.82) is 0 Å². The van der Waals surface area contributed by atoms with Crippen LogP contribution in [0.5, 0.6) is 5.75 Å². The zero-order chi connectivity index (χ0) is 19.8. The van der Waals surface area contributed by atoms with Crippen molar-refractivity contribution in [1.82, 2.24) is 19.9 Å².